The Morgan fingerprint density at radius 1 is 1.14 bits per heavy atom. The Hall–Kier alpha value is -3.30. The van der Waals surface area contributed by atoms with Crippen molar-refractivity contribution in [1.29, 1.82) is 0 Å². The minimum absolute atomic E-state index is 0.0892. The van der Waals surface area contributed by atoms with E-state index in [0.29, 0.717) is 22.7 Å². The summed E-state index contributed by atoms with van der Waals surface area (Å²) in [5, 5.41) is 25.5. The first-order valence-corrected chi connectivity index (χ1v) is 12.0. The number of nitrogens with one attached hydrogen (secondary N) is 2. The monoisotopic (exact) mass is 519 g/mol. The van der Waals surface area contributed by atoms with Gasteiger partial charge in [0.05, 0.1) is 17.3 Å². The molecule has 0 aliphatic rings. The lowest BCUT2D eigenvalue weighted by Crippen LogP contribution is -2.54. The summed E-state index contributed by atoms with van der Waals surface area (Å²) >= 11 is 6.31. The van der Waals surface area contributed by atoms with E-state index in [4.69, 9.17) is 16.3 Å². The molecule has 2 unspecified atom stereocenters. The maximum Gasteiger partial charge on any atom is 0.408 e. The number of carbonyl (C=O) groups is 3. The third kappa shape index (κ3) is 7.86. The van der Waals surface area contributed by atoms with Crippen molar-refractivity contribution in [3.05, 3.63) is 58.6 Å². The second-order valence-electron chi connectivity index (χ2n) is 9.33. The van der Waals surface area contributed by atoms with E-state index in [1.807, 2.05) is 6.92 Å². The van der Waals surface area contributed by atoms with E-state index in [9.17, 15) is 24.6 Å². The number of hydrogen-bond acceptors (Lipinski definition) is 6. The zero-order valence-electron chi connectivity index (χ0n) is 21.2. The quantitative estimate of drug-likeness (QED) is 0.394. The summed E-state index contributed by atoms with van der Waals surface area (Å²) in [6.45, 7) is 8.04. The second kappa shape index (κ2) is 12.6. The predicted molar refractivity (Wildman–Crippen MR) is 138 cm³/mol. The molecule has 0 radical (unpaired) electrons. The van der Waals surface area contributed by atoms with Crippen LogP contribution < -0.4 is 10.6 Å². The number of amides is 3. The SMILES string of the molecule is CCCN(C(=O)C(CO)NC(=O)OC(C)(C)C)C(C(=O)Nc1c(C)cccc1Cl)c1cccc(O)c1. The summed E-state index contributed by atoms with van der Waals surface area (Å²) in [5.41, 5.74) is 0.642. The molecule has 36 heavy (non-hydrogen) atoms. The Bertz CT molecular complexity index is 1070. The van der Waals surface area contributed by atoms with Crippen molar-refractivity contribution in [3.63, 3.8) is 0 Å². The fourth-order valence-electron chi connectivity index (χ4n) is 3.59. The molecule has 0 spiro atoms. The van der Waals surface area contributed by atoms with Crippen molar-refractivity contribution in [2.75, 3.05) is 18.5 Å². The van der Waals surface area contributed by atoms with Gasteiger partial charge in [-0.15, -0.1) is 0 Å². The largest absolute Gasteiger partial charge is 0.508 e. The number of anilines is 1. The van der Waals surface area contributed by atoms with Crippen LogP contribution in [0.4, 0.5) is 10.5 Å². The average Bonchev–Trinajstić information content (AvgIpc) is 2.78. The van der Waals surface area contributed by atoms with E-state index >= 15 is 0 Å². The van der Waals surface area contributed by atoms with Crippen LogP contribution in [0.2, 0.25) is 5.02 Å². The first-order chi connectivity index (χ1) is 16.9. The fourth-order valence-corrected chi connectivity index (χ4v) is 3.86. The summed E-state index contributed by atoms with van der Waals surface area (Å²) in [7, 11) is 0. The lowest BCUT2D eigenvalue weighted by Gasteiger charge is -2.34. The van der Waals surface area contributed by atoms with Crippen molar-refractivity contribution in [2.45, 2.75) is 58.7 Å². The van der Waals surface area contributed by atoms with E-state index in [1.165, 1.54) is 17.0 Å². The fraction of sp³-hybridized carbons (Fsp3) is 0.423. The maximum absolute atomic E-state index is 13.7. The number of aliphatic hydroxyl groups excluding tert-OH is 1. The Balaban J connectivity index is 2.48. The number of hydrogen-bond donors (Lipinski definition) is 4. The number of benzene rings is 2. The number of carbonyl (C=O) groups excluding carboxylic acids is 3. The van der Waals surface area contributed by atoms with Gasteiger partial charge in [0, 0.05) is 6.54 Å². The maximum atomic E-state index is 13.7. The van der Waals surface area contributed by atoms with Crippen molar-refractivity contribution in [2.24, 2.45) is 0 Å². The van der Waals surface area contributed by atoms with Crippen LogP contribution in [-0.2, 0) is 14.3 Å². The van der Waals surface area contributed by atoms with E-state index in [1.54, 1.807) is 58.0 Å². The van der Waals surface area contributed by atoms with Gasteiger partial charge in [0.25, 0.3) is 5.91 Å². The van der Waals surface area contributed by atoms with Gasteiger partial charge < -0.3 is 30.5 Å². The molecule has 2 atom stereocenters. The molecule has 0 saturated carbocycles. The van der Waals surface area contributed by atoms with Crippen molar-refractivity contribution >= 4 is 35.2 Å². The first-order valence-electron chi connectivity index (χ1n) is 11.6. The minimum Gasteiger partial charge on any atom is -0.508 e. The zero-order valence-corrected chi connectivity index (χ0v) is 21.9. The Kier molecular flexibility index (Phi) is 10.1. The van der Waals surface area contributed by atoms with Crippen molar-refractivity contribution < 1.29 is 29.3 Å². The standard InChI is InChI=1S/C26H34ClN3O6/c1-6-13-30(24(34)20(15-31)28-25(35)36-26(3,4)5)22(17-10-8-11-18(32)14-17)23(33)29-21-16(2)9-7-12-19(21)27/h7-12,14,20,22,31-32H,6,13,15H2,1-5H3,(H,28,35)(H,29,33). The number of rotatable bonds is 9. The third-order valence-corrected chi connectivity index (χ3v) is 5.45. The molecule has 0 aliphatic carbocycles. The van der Waals surface area contributed by atoms with Gasteiger partial charge in [-0.25, -0.2) is 4.79 Å². The van der Waals surface area contributed by atoms with Crippen LogP contribution in [0.1, 0.15) is 51.3 Å². The van der Waals surface area contributed by atoms with Gasteiger partial charge in [0.15, 0.2) is 0 Å². The van der Waals surface area contributed by atoms with E-state index < -0.39 is 42.2 Å². The van der Waals surface area contributed by atoms with Gasteiger partial charge in [-0.3, -0.25) is 9.59 Å². The molecule has 2 aromatic carbocycles. The van der Waals surface area contributed by atoms with Crippen LogP contribution in [0.25, 0.3) is 0 Å². The van der Waals surface area contributed by atoms with Gasteiger partial charge >= 0.3 is 6.09 Å². The van der Waals surface area contributed by atoms with Crippen LogP contribution in [0.15, 0.2) is 42.5 Å². The van der Waals surface area contributed by atoms with E-state index in [0.717, 1.165) is 5.56 Å². The Morgan fingerprint density at radius 2 is 1.81 bits per heavy atom. The number of phenolic OH excluding ortho intramolecular Hbond substituents is 1. The molecule has 2 aromatic rings. The van der Waals surface area contributed by atoms with Crippen LogP contribution >= 0.6 is 11.6 Å². The summed E-state index contributed by atoms with van der Waals surface area (Å²) in [5.74, 6) is -1.36. The molecule has 10 heteroatoms. The Morgan fingerprint density at radius 3 is 2.36 bits per heavy atom. The highest BCUT2D eigenvalue weighted by Gasteiger charge is 2.36. The van der Waals surface area contributed by atoms with Crippen LogP contribution in [0.5, 0.6) is 5.75 Å². The van der Waals surface area contributed by atoms with Gasteiger partial charge in [-0.2, -0.15) is 0 Å². The smallest absolute Gasteiger partial charge is 0.408 e. The molecule has 0 bridgehead atoms. The zero-order chi connectivity index (χ0) is 27.0. The highest BCUT2D eigenvalue weighted by atomic mass is 35.5. The van der Waals surface area contributed by atoms with Gasteiger partial charge in [0.2, 0.25) is 5.91 Å². The number of alkyl carbamates (subject to hydrolysis) is 1. The average molecular weight is 520 g/mol. The van der Waals surface area contributed by atoms with E-state index in [-0.39, 0.29) is 12.3 Å². The molecular formula is C26H34ClN3O6. The summed E-state index contributed by atoms with van der Waals surface area (Å²) in [6, 6.07) is 8.61. The molecule has 2 rings (SSSR count). The molecule has 0 aliphatic heterocycles. The first kappa shape index (κ1) is 28.9. The normalized spacial score (nSPS) is 12.9. The van der Waals surface area contributed by atoms with E-state index in [2.05, 4.69) is 10.6 Å². The molecular weight excluding hydrogens is 486 g/mol. The summed E-state index contributed by atoms with van der Waals surface area (Å²) in [6.07, 6.45) is -0.402. The number of halogens is 1. The molecule has 4 N–H and O–H groups in total. The molecule has 9 nitrogen and oxygen atoms in total. The van der Waals surface area contributed by atoms with Crippen molar-refractivity contribution in [1.82, 2.24) is 10.2 Å². The lowest BCUT2D eigenvalue weighted by atomic mass is 10.0. The van der Waals surface area contributed by atoms with Gasteiger partial charge in [-0.05, 0) is 63.4 Å². The molecule has 196 valence electrons. The topological polar surface area (TPSA) is 128 Å². The molecule has 0 fully saturated rings. The highest BCUT2D eigenvalue weighted by molar-refractivity contribution is 6.34. The number of phenols is 1. The molecule has 3 amide bonds. The minimum atomic E-state index is -1.36. The van der Waals surface area contributed by atoms with Crippen LogP contribution in [-0.4, -0.2) is 57.8 Å². The number of aliphatic hydroxyl groups is 1. The summed E-state index contributed by atoms with van der Waals surface area (Å²) < 4.78 is 5.21. The number of ether oxygens (including phenoxy) is 1. The Labute approximate surface area is 216 Å². The number of aryl methyl sites for hydroxylation is 1. The second-order valence-corrected chi connectivity index (χ2v) is 9.74. The highest BCUT2D eigenvalue weighted by Crippen LogP contribution is 2.30. The number of aromatic hydroxyl groups is 1. The third-order valence-electron chi connectivity index (χ3n) is 5.14. The number of para-hydroxylation sites is 1. The molecule has 0 aromatic heterocycles. The van der Waals surface area contributed by atoms with Crippen LogP contribution in [0.3, 0.4) is 0 Å². The van der Waals surface area contributed by atoms with Gasteiger partial charge in [0.1, 0.15) is 23.4 Å². The van der Waals surface area contributed by atoms with Crippen molar-refractivity contribution in [3.8, 4) is 5.75 Å². The van der Waals surface area contributed by atoms with Crippen LogP contribution in [0, 0.1) is 6.92 Å². The number of nitrogens with zero attached hydrogens (tertiary/aromatic N) is 1. The summed E-state index contributed by atoms with van der Waals surface area (Å²) in [4.78, 5) is 40.8. The molecule has 0 saturated heterocycles. The van der Waals surface area contributed by atoms with Gasteiger partial charge in [-0.1, -0.05) is 42.8 Å². The predicted octanol–water partition coefficient (Wildman–Crippen LogP) is 4.16. The lowest BCUT2D eigenvalue weighted by molar-refractivity contribution is -0.141. The molecule has 0 heterocycles.